The number of aromatic nitrogens is 1. The quantitative estimate of drug-likeness (QED) is 0.671. The van der Waals surface area contributed by atoms with Gasteiger partial charge in [-0.2, -0.15) is 0 Å². The number of hydrogen-bond acceptors (Lipinski definition) is 4. The molecule has 2 amide bonds. The van der Waals surface area contributed by atoms with Crippen LogP contribution in [0.5, 0.6) is 0 Å². The Labute approximate surface area is 151 Å². The van der Waals surface area contributed by atoms with Crippen molar-refractivity contribution in [2.45, 2.75) is 6.54 Å². The van der Waals surface area contributed by atoms with Gasteiger partial charge in [0, 0.05) is 12.4 Å². The van der Waals surface area contributed by atoms with Crippen molar-refractivity contribution in [3.63, 3.8) is 0 Å². The van der Waals surface area contributed by atoms with Crippen LogP contribution >= 0.6 is 0 Å². The summed E-state index contributed by atoms with van der Waals surface area (Å²) in [7, 11) is 0. The summed E-state index contributed by atoms with van der Waals surface area (Å²) in [4.78, 5) is 28.1. The first kappa shape index (κ1) is 18.2. The van der Waals surface area contributed by atoms with Gasteiger partial charge in [-0.05, 0) is 30.3 Å². The summed E-state index contributed by atoms with van der Waals surface area (Å²) in [5.74, 6) is -5.40. The molecule has 3 aromatic rings. The molecular weight excluding hydrogens is 363 g/mol. The molecule has 0 fully saturated rings. The van der Waals surface area contributed by atoms with E-state index in [1.807, 2.05) is 0 Å². The number of anilines is 1. The molecule has 0 radical (unpaired) electrons. The molecule has 6 nitrogen and oxygen atoms in total. The second-order valence-electron chi connectivity index (χ2n) is 5.40. The first-order valence-corrected chi connectivity index (χ1v) is 7.66. The van der Waals surface area contributed by atoms with Gasteiger partial charge >= 0.3 is 0 Å². The molecular formula is C18H12F3N3O3. The molecule has 0 bridgehead atoms. The normalized spacial score (nSPS) is 10.5. The fourth-order valence-electron chi connectivity index (χ4n) is 2.19. The van der Waals surface area contributed by atoms with Gasteiger partial charge in [-0.3, -0.25) is 14.6 Å². The van der Waals surface area contributed by atoms with Crippen LogP contribution in [0.4, 0.5) is 18.9 Å². The molecule has 0 unspecified atom stereocenters. The highest BCUT2D eigenvalue weighted by Gasteiger charge is 2.17. The van der Waals surface area contributed by atoms with E-state index in [-0.39, 0.29) is 17.7 Å². The number of hydrogen-bond donors (Lipinski definition) is 2. The standard InChI is InChI=1S/C18H12F3N3O3/c19-13-3-4-14(16(21)15(13)20)24-18(26)11-6-10(7-22-8-11)17(25)23-9-12-2-1-5-27-12/h1-8H,9H2,(H,23,25)(H,24,26). The molecule has 27 heavy (non-hydrogen) atoms. The number of pyridine rings is 1. The smallest absolute Gasteiger partial charge is 0.257 e. The summed E-state index contributed by atoms with van der Waals surface area (Å²) in [5.41, 5.74) is -0.517. The summed E-state index contributed by atoms with van der Waals surface area (Å²) in [6, 6.07) is 6.16. The lowest BCUT2D eigenvalue weighted by Crippen LogP contribution is -2.23. The molecule has 0 aliphatic heterocycles. The Hall–Kier alpha value is -3.62. The number of carbonyl (C=O) groups is 2. The Morgan fingerprint density at radius 3 is 2.44 bits per heavy atom. The van der Waals surface area contributed by atoms with Gasteiger partial charge in [0.25, 0.3) is 11.8 Å². The molecule has 0 aliphatic carbocycles. The molecule has 2 heterocycles. The van der Waals surface area contributed by atoms with Gasteiger partial charge in [-0.15, -0.1) is 0 Å². The van der Waals surface area contributed by atoms with Crippen LogP contribution in [0.25, 0.3) is 0 Å². The van der Waals surface area contributed by atoms with E-state index in [4.69, 9.17) is 4.42 Å². The molecule has 0 saturated carbocycles. The molecule has 2 aromatic heterocycles. The number of carbonyl (C=O) groups excluding carboxylic acids is 2. The summed E-state index contributed by atoms with van der Waals surface area (Å²) in [6.45, 7) is 0.141. The van der Waals surface area contributed by atoms with E-state index in [0.29, 0.717) is 11.8 Å². The monoisotopic (exact) mass is 375 g/mol. The maximum atomic E-state index is 13.7. The van der Waals surface area contributed by atoms with Gasteiger partial charge in [-0.1, -0.05) is 0 Å². The van der Waals surface area contributed by atoms with Crippen molar-refractivity contribution in [3.05, 3.63) is 83.3 Å². The van der Waals surface area contributed by atoms with Gasteiger partial charge in [0.2, 0.25) is 0 Å². The third kappa shape index (κ3) is 4.14. The van der Waals surface area contributed by atoms with E-state index in [1.165, 1.54) is 18.5 Å². The minimum atomic E-state index is -1.70. The van der Waals surface area contributed by atoms with Crippen molar-refractivity contribution < 1.29 is 27.2 Å². The zero-order chi connectivity index (χ0) is 19.4. The third-order valence-electron chi connectivity index (χ3n) is 3.55. The molecule has 3 rings (SSSR count). The first-order chi connectivity index (χ1) is 13.0. The van der Waals surface area contributed by atoms with Crippen LogP contribution in [0.3, 0.4) is 0 Å². The lowest BCUT2D eigenvalue weighted by Gasteiger charge is -2.08. The zero-order valence-corrected chi connectivity index (χ0v) is 13.6. The molecule has 138 valence electrons. The van der Waals surface area contributed by atoms with Crippen molar-refractivity contribution in [2.75, 3.05) is 5.32 Å². The predicted molar refractivity (Wildman–Crippen MR) is 88.4 cm³/mol. The average molecular weight is 375 g/mol. The molecule has 0 aliphatic rings. The van der Waals surface area contributed by atoms with E-state index in [1.54, 1.807) is 12.1 Å². The fraction of sp³-hybridized carbons (Fsp3) is 0.0556. The molecule has 0 spiro atoms. The van der Waals surface area contributed by atoms with Gasteiger partial charge in [-0.25, -0.2) is 13.2 Å². The Morgan fingerprint density at radius 1 is 1.00 bits per heavy atom. The number of amides is 2. The largest absolute Gasteiger partial charge is 0.467 e. The van der Waals surface area contributed by atoms with E-state index >= 15 is 0 Å². The number of furan rings is 1. The van der Waals surface area contributed by atoms with Crippen LogP contribution in [-0.4, -0.2) is 16.8 Å². The van der Waals surface area contributed by atoms with E-state index in [0.717, 1.165) is 12.3 Å². The summed E-state index contributed by atoms with van der Waals surface area (Å²) in [5, 5.41) is 4.69. The van der Waals surface area contributed by atoms with Crippen molar-refractivity contribution in [1.29, 1.82) is 0 Å². The maximum Gasteiger partial charge on any atom is 0.257 e. The number of benzene rings is 1. The second kappa shape index (κ2) is 7.73. The lowest BCUT2D eigenvalue weighted by atomic mass is 10.1. The predicted octanol–water partition coefficient (Wildman–Crippen LogP) is 3.27. The minimum absolute atomic E-state index is 0.0650. The van der Waals surface area contributed by atoms with Crippen molar-refractivity contribution in [1.82, 2.24) is 10.3 Å². The van der Waals surface area contributed by atoms with Gasteiger partial charge in [0.1, 0.15) is 5.76 Å². The number of nitrogens with zero attached hydrogens (tertiary/aromatic N) is 1. The summed E-state index contributed by atoms with van der Waals surface area (Å²) >= 11 is 0. The Morgan fingerprint density at radius 2 is 1.74 bits per heavy atom. The maximum absolute atomic E-state index is 13.7. The van der Waals surface area contributed by atoms with Gasteiger partial charge in [0.15, 0.2) is 17.5 Å². The molecule has 0 saturated heterocycles. The third-order valence-corrected chi connectivity index (χ3v) is 3.55. The number of halogens is 3. The highest BCUT2D eigenvalue weighted by Crippen LogP contribution is 2.20. The fourth-order valence-corrected chi connectivity index (χ4v) is 2.19. The second-order valence-corrected chi connectivity index (χ2v) is 5.40. The van der Waals surface area contributed by atoms with Crippen LogP contribution < -0.4 is 10.6 Å². The zero-order valence-electron chi connectivity index (χ0n) is 13.6. The van der Waals surface area contributed by atoms with Crippen LogP contribution in [-0.2, 0) is 6.54 Å². The summed E-state index contributed by atoms with van der Waals surface area (Å²) in [6.07, 6.45) is 3.86. The topological polar surface area (TPSA) is 84.2 Å². The van der Waals surface area contributed by atoms with Crippen LogP contribution in [0.1, 0.15) is 26.5 Å². The molecule has 9 heteroatoms. The van der Waals surface area contributed by atoms with Gasteiger partial charge < -0.3 is 15.1 Å². The first-order valence-electron chi connectivity index (χ1n) is 7.66. The lowest BCUT2D eigenvalue weighted by molar-refractivity contribution is 0.0947. The highest BCUT2D eigenvalue weighted by atomic mass is 19.2. The van der Waals surface area contributed by atoms with Crippen LogP contribution in [0.15, 0.2) is 53.4 Å². The Kier molecular flexibility index (Phi) is 5.20. The number of nitrogens with one attached hydrogen (secondary N) is 2. The van der Waals surface area contributed by atoms with Crippen LogP contribution in [0.2, 0.25) is 0 Å². The number of rotatable bonds is 5. The van der Waals surface area contributed by atoms with Crippen molar-refractivity contribution in [2.24, 2.45) is 0 Å². The van der Waals surface area contributed by atoms with E-state index < -0.39 is 35.0 Å². The van der Waals surface area contributed by atoms with Gasteiger partial charge in [0.05, 0.1) is 29.6 Å². The highest BCUT2D eigenvalue weighted by molar-refractivity contribution is 6.05. The van der Waals surface area contributed by atoms with E-state index in [2.05, 4.69) is 15.6 Å². The van der Waals surface area contributed by atoms with Crippen LogP contribution in [0, 0.1) is 17.5 Å². The molecule has 2 N–H and O–H groups in total. The van der Waals surface area contributed by atoms with E-state index in [9.17, 15) is 22.8 Å². The molecule has 0 atom stereocenters. The minimum Gasteiger partial charge on any atom is -0.467 e. The van der Waals surface area contributed by atoms with Crippen molar-refractivity contribution >= 4 is 17.5 Å². The molecule has 1 aromatic carbocycles. The average Bonchev–Trinajstić information content (AvgIpc) is 3.20. The van der Waals surface area contributed by atoms with Crippen molar-refractivity contribution in [3.8, 4) is 0 Å². The Bertz CT molecular complexity index is 991. The Balaban J connectivity index is 1.72. The summed E-state index contributed by atoms with van der Waals surface area (Å²) < 4.78 is 44.9. The SMILES string of the molecule is O=C(NCc1ccco1)c1cncc(C(=O)Nc2ccc(F)c(F)c2F)c1.